The lowest BCUT2D eigenvalue weighted by atomic mass is 10.2. The van der Waals surface area contributed by atoms with Crippen LogP contribution in [0.2, 0.25) is 0 Å². The number of hydrogen-bond donors (Lipinski definition) is 2. The Bertz CT molecular complexity index is 450. The van der Waals surface area contributed by atoms with Gasteiger partial charge in [0.15, 0.2) is 0 Å². The number of nitrogens with one attached hydrogen (secondary N) is 1. The number of pyridine rings is 1. The molecule has 0 fully saturated rings. The lowest BCUT2D eigenvalue weighted by Gasteiger charge is -2.16. The van der Waals surface area contributed by atoms with Crippen molar-refractivity contribution in [3.05, 3.63) is 23.9 Å². The predicted octanol–water partition coefficient (Wildman–Crippen LogP) is 0.204. The van der Waals surface area contributed by atoms with E-state index >= 15 is 0 Å². The van der Waals surface area contributed by atoms with Gasteiger partial charge in [0.1, 0.15) is 17.4 Å². The van der Waals surface area contributed by atoms with Crippen LogP contribution in [0.3, 0.4) is 0 Å². The van der Waals surface area contributed by atoms with Crippen LogP contribution in [-0.4, -0.2) is 48.4 Å². The number of methoxy groups -OCH3 is 1. The van der Waals surface area contributed by atoms with Gasteiger partial charge in [-0.1, -0.05) is 0 Å². The van der Waals surface area contributed by atoms with Gasteiger partial charge in [0, 0.05) is 6.20 Å². The van der Waals surface area contributed by atoms with Crippen LogP contribution in [0.5, 0.6) is 0 Å². The van der Waals surface area contributed by atoms with Crippen molar-refractivity contribution in [1.29, 1.82) is 0 Å². The van der Waals surface area contributed by atoms with Gasteiger partial charge in [-0.2, -0.15) is 0 Å². The molecule has 7 nitrogen and oxygen atoms in total. The maximum atomic E-state index is 11.7. The van der Waals surface area contributed by atoms with Crippen molar-refractivity contribution < 1.29 is 24.2 Å². The molecule has 1 atom stereocenters. The van der Waals surface area contributed by atoms with Crippen molar-refractivity contribution >= 4 is 17.8 Å². The Balaban J connectivity index is 2.94. The Labute approximate surface area is 110 Å². The number of aliphatic hydroxyl groups is 1. The van der Waals surface area contributed by atoms with Crippen LogP contribution in [0, 0.1) is 0 Å². The SMILES string of the molecule is CCOC(=O)c1cccnc1NC(CO)C(=O)OC. The van der Waals surface area contributed by atoms with Gasteiger partial charge in [-0.3, -0.25) is 0 Å². The third kappa shape index (κ3) is 3.92. The minimum atomic E-state index is -0.993. The number of nitrogens with zero attached hydrogens (tertiary/aromatic N) is 1. The monoisotopic (exact) mass is 268 g/mol. The second-order valence-electron chi connectivity index (χ2n) is 3.52. The van der Waals surface area contributed by atoms with E-state index in [0.717, 1.165) is 0 Å². The fourth-order valence-electron chi connectivity index (χ4n) is 1.38. The second-order valence-corrected chi connectivity index (χ2v) is 3.52. The molecule has 1 unspecified atom stereocenters. The molecule has 0 aliphatic carbocycles. The van der Waals surface area contributed by atoms with Crippen LogP contribution in [0.1, 0.15) is 17.3 Å². The summed E-state index contributed by atoms with van der Waals surface area (Å²) in [7, 11) is 1.21. The summed E-state index contributed by atoms with van der Waals surface area (Å²) in [5, 5.41) is 11.8. The maximum absolute atomic E-state index is 11.7. The molecule has 1 heterocycles. The number of aliphatic hydroxyl groups excluding tert-OH is 1. The van der Waals surface area contributed by atoms with Gasteiger partial charge in [-0.05, 0) is 19.1 Å². The maximum Gasteiger partial charge on any atom is 0.341 e. The van der Waals surface area contributed by atoms with E-state index in [0.29, 0.717) is 0 Å². The minimum Gasteiger partial charge on any atom is -0.467 e. The van der Waals surface area contributed by atoms with Crippen molar-refractivity contribution in [3.63, 3.8) is 0 Å². The molecule has 19 heavy (non-hydrogen) atoms. The number of carbonyl (C=O) groups excluding carboxylic acids is 2. The predicted molar refractivity (Wildman–Crippen MR) is 66.7 cm³/mol. The highest BCUT2D eigenvalue weighted by molar-refractivity contribution is 5.95. The molecule has 7 heteroatoms. The summed E-state index contributed by atoms with van der Waals surface area (Å²) in [5.74, 6) is -1.05. The minimum absolute atomic E-state index is 0.158. The summed E-state index contributed by atoms with van der Waals surface area (Å²) in [4.78, 5) is 27.0. The molecular formula is C12H16N2O5. The molecule has 0 radical (unpaired) electrons. The van der Waals surface area contributed by atoms with Crippen LogP contribution < -0.4 is 5.32 Å². The van der Waals surface area contributed by atoms with Gasteiger partial charge in [0.05, 0.1) is 20.3 Å². The summed E-state index contributed by atoms with van der Waals surface area (Å²) in [6, 6.07) is 2.09. The summed E-state index contributed by atoms with van der Waals surface area (Å²) in [6.07, 6.45) is 1.46. The molecule has 104 valence electrons. The Morgan fingerprint density at radius 3 is 2.84 bits per heavy atom. The normalized spacial score (nSPS) is 11.5. The molecule has 0 saturated heterocycles. The number of rotatable bonds is 6. The number of anilines is 1. The molecule has 0 aromatic carbocycles. The number of aromatic nitrogens is 1. The lowest BCUT2D eigenvalue weighted by molar-refractivity contribution is -0.142. The molecule has 0 saturated carbocycles. The van der Waals surface area contributed by atoms with Gasteiger partial charge in [0.2, 0.25) is 0 Å². The van der Waals surface area contributed by atoms with E-state index < -0.39 is 24.6 Å². The van der Waals surface area contributed by atoms with Crippen molar-refractivity contribution in [1.82, 2.24) is 4.98 Å². The van der Waals surface area contributed by atoms with E-state index in [1.54, 1.807) is 13.0 Å². The van der Waals surface area contributed by atoms with Gasteiger partial charge in [-0.15, -0.1) is 0 Å². The third-order valence-corrected chi connectivity index (χ3v) is 2.28. The first-order valence-electron chi connectivity index (χ1n) is 5.71. The topological polar surface area (TPSA) is 97.8 Å². The zero-order valence-electron chi connectivity index (χ0n) is 10.8. The van der Waals surface area contributed by atoms with Crippen molar-refractivity contribution in [2.24, 2.45) is 0 Å². The number of esters is 2. The molecule has 1 aromatic heterocycles. The Morgan fingerprint density at radius 2 is 2.26 bits per heavy atom. The molecular weight excluding hydrogens is 252 g/mol. The van der Waals surface area contributed by atoms with E-state index in [4.69, 9.17) is 9.84 Å². The highest BCUT2D eigenvalue weighted by atomic mass is 16.5. The van der Waals surface area contributed by atoms with Crippen molar-refractivity contribution in [2.75, 3.05) is 25.6 Å². The zero-order chi connectivity index (χ0) is 14.3. The van der Waals surface area contributed by atoms with E-state index in [9.17, 15) is 9.59 Å². The summed E-state index contributed by atoms with van der Waals surface area (Å²) in [5.41, 5.74) is 0.187. The molecule has 0 bridgehead atoms. The Kier molecular flexibility index (Phi) is 5.74. The lowest BCUT2D eigenvalue weighted by Crippen LogP contribution is -2.35. The quantitative estimate of drug-likeness (QED) is 0.711. The zero-order valence-corrected chi connectivity index (χ0v) is 10.8. The highest BCUT2D eigenvalue weighted by Gasteiger charge is 2.21. The summed E-state index contributed by atoms with van der Waals surface area (Å²) < 4.78 is 9.39. The average molecular weight is 268 g/mol. The van der Waals surface area contributed by atoms with Gasteiger partial charge >= 0.3 is 11.9 Å². The second kappa shape index (κ2) is 7.32. The van der Waals surface area contributed by atoms with Gasteiger partial charge in [-0.25, -0.2) is 14.6 Å². The molecule has 0 spiro atoms. The fourth-order valence-corrected chi connectivity index (χ4v) is 1.38. The molecule has 1 rings (SSSR count). The van der Waals surface area contributed by atoms with Crippen LogP contribution >= 0.6 is 0 Å². The van der Waals surface area contributed by atoms with Crippen LogP contribution in [-0.2, 0) is 14.3 Å². The first kappa shape index (κ1) is 14.9. The first-order chi connectivity index (χ1) is 9.13. The van der Waals surface area contributed by atoms with E-state index in [-0.39, 0.29) is 18.0 Å². The summed E-state index contributed by atoms with van der Waals surface area (Å²) in [6.45, 7) is 1.44. The van der Waals surface area contributed by atoms with Gasteiger partial charge in [0.25, 0.3) is 0 Å². The van der Waals surface area contributed by atoms with Crippen LogP contribution in [0.25, 0.3) is 0 Å². The largest absolute Gasteiger partial charge is 0.467 e. The van der Waals surface area contributed by atoms with E-state index in [2.05, 4.69) is 15.0 Å². The van der Waals surface area contributed by atoms with Crippen LogP contribution in [0.15, 0.2) is 18.3 Å². The Hall–Kier alpha value is -2.15. The highest BCUT2D eigenvalue weighted by Crippen LogP contribution is 2.14. The number of carbonyl (C=O) groups is 2. The standard InChI is InChI=1S/C12H16N2O5/c1-3-19-11(16)8-5-4-6-13-10(8)14-9(7-15)12(17)18-2/h4-6,9,15H,3,7H2,1-2H3,(H,13,14). The molecule has 0 aliphatic heterocycles. The summed E-state index contributed by atoms with van der Waals surface area (Å²) >= 11 is 0. The van der Waals surface area contributed by atoms with Crippen LogP contribution in [0.4, 0.5) is 5.82 Å². The third-order valence-electron chi connectivity index (χ3n) is 2.28. The molecule has 0 amide bonds. The number of hydrogen-bond acceptors (Lipinski definition) is 7. The fraction of sp³-hybridized carbons (Fsp3) is 0.417. The van der Waals surface area contributed by atoms with Crippen molar-refractivity contribution in [3.8, 4) is 0 Å². The molecule has 1 aromatic rings. The molecule has 0 aliphatic rings. The van der Waals surface area contributed by atoms with Gasteiger partial charge < -0.3 is 19.9 Å². The van der Waals surface area contributed by atoms with Crippen molar-refractivity contribution in [2.45, 2.75) is 13.0 Å². The first-order valence-corrected chi connectivity index (χ1v) is 5.71. The number of ether oxygens (including phenoxy) is 2. The molecule has 2 N–H and O–H groups in total. The van der Waals surface area contributed by atoms with E-state index in [1.807, 2.05) is 0 Å². The van der Waals surface area contributed by atoms with E-state index in [1.165, 1.54) is 19.4 Å². The smallest absolute Gasteiger partial charge is 0.341 e. The average Bonchev–Trinajstić information content (AvgIpc) is 2.44. The Morgan fingerprint density at radius 1 is 1.53 bits per heavy atom.